The molecule has 0 aliphatic heterocycles. The Labute approximate surface area is 110 Å². The van der Waals surface area contributed by atoms with E-state index in [1.54, 1.807) is 0 Å². The van der Waals surface area contributed by atoms with E-state index in [9.17, 15) is 22.7 Å². The molecule has 0 heterocycles. The van der Waals surface area contributed by atoms with Crippen molar-refractivity contribution in [2.75, 3.05) is 7.11 Å². The van der Waals surface area contributed by atoms with E-state index in [-0.39, 0.29) is 4.90 Å². The molecule has 0 radical (unpaired) electrons. The maximum atomic E-state index is 12.7. The van der Waals surface area contributed by atoms with Gasteiger partial charge in [-0.05, 0) is 31.2 Å². The molecule has 0 fully saturated rings. The molecule has 106 valence electrons. The van der Waals surface area contributed by atoms with Gasteiger partial charge in [0.15, 0.2) is 0 Å². The fourth-order valence-electron chi connectivity index (χ4n) is 1.32. The first-order chi connectivity index (χ1) is 8.77. The largest absolute Gasteiger partial charge is 0.468 e. The first-order valence-electron chi connectivity index (χ1n) is 5.31. The molecule has 2 atom stereocenters. The number of aliphatic hydroxyl groups is 1. The van der Waals surface area contributed by atoms with Crippen LogP contribution in [-0.4, -0.2) is 38.7 Å². The molecule has 2 N–H and O–H groups in total. The van der Waals surface area contributed by atoms with Crippen LogP contribution in [0.4, 0.5) is 4.39 Å². The number of nitrogens with one attached hydrogen (secondary N) is 1. The smallest absolute Gasteiger partial charge is 0.326 e. The number of hydrogen-bond acceptors (Lipinski definition) is 5. The zero-order valence-corrected chi connectivity index (χ0v) is 11.1. The van der Waals surface area contributed by atoms with Crippen molar-refractivity contribution in [2.45, 2.75) is 24.0 Å². The molecule has 0 saturated carbocycles. The van der Waals surface area contributed by atoms with Gasteiger partial charge < -0.3 is 9.84 Å². The van der Waals surface area contributed by atoms with Crippen molar-refractivity contribution in [3.63, 3.8) is 0 Å². The number of sulfonamides is 1. The van der Waals surface area contributed by atoms with Crippen LogP contribution in [0.5, 0.6) is 0 Å². The molecule has 19 heavy (non-hydrogen) atoms. The minimum atomic E-state index is -4.05. The number of ether oxygens (including phenoxy) is 1. The number of halogens is 1. The average Bonchev–Trinajstić information content (AvgIpc) is 2.35. The second-order valence-corrected chi connectivity index (χ2v) is 5.53. The number of rotatable bonds is 5. The monoisotopic (exact) mass is 291 g/mol. The van der Waals surface area contributed by atoms with Gasteiger partial charge in [-0.3, -0.25) is 4.79 Å². The third kappa shape index (κ3) is 3.98. The van der Waals surface area contributed by atoms with E-state index in [0.717, 1.165) is 31.4 Å². The number of carbonyl (C=O) groups is 1. The molecule has 8 heteroatoms. The molecule has 0 aliphatic rings. The molecular formula is C11H14FNO5S. The predicted octanol–water partition coefficient (Wildman–Crippen LogP) is 0.0264. The maximum absolute atomic E-state index is 12.7. The van der Waals surface area contributed by atoms with Crippen LogP contribution in [-0.2, 0) is 19.6 Å². The van der Waals surface area contributed by atoms with Crippen molar-refractivity contribution in [3.05, 3.63) is 30.1 Å². The van der Waals surface area contributed by atoms with Gasteiger partial charge in [0.05, 0.1) is 18.1 Å². The summed E-state index contributed by atoms with van der Waals surface area (Å²) in [7, 11) is -2.98. The lowest BCUT2D eigenvalue weighted by atomic mass is 10.2. The highest BCUT2D eigenvalue weighted by molar-refractivity contribution is 7.89. The lowest BCUT2D eigenvalue weighted by Gasteiger charge is -2.18. The van der Waals surface area contributed by atoms with Crippen LogP contribution in [0.2, 0.25) is 0 Å². The zero-order valence-electron chi connectivity index (χ0n) is 10.3. The molecule has 1 rings (SSSR count). The van der Waals surface area contributed by atoms with E-state index in [4.69, 9.17) is 0 Å². The minimum Gasteiger partial charge on any atom is -0.468 e. The highest BCUT2D eigenvalue weighted by atomic mass is 32.2. The molecule has 0 amide bonds. The van der Waals surface area contributed by atoms with Gasteiger partial charge in [0.2, 0.25) is 10.0 Å². The van der Waals surface area contributed by atoms with E-state index in [1.165, 1.54) is 6.92 Å². The Morgan fingerprint density at radius 3 is 2.32 bits per heavy atom. The summed E-state index contributed by atoms with van der Waals surface area (Å²) in [6.45, 7) is 1.24. The molecular weight excluding hydrogens is 277 g/mol. The third-order valence-corrected chi connectivity index (χ3v) is 3.80. The predicted molar refractivity (Wildman–Crippen MR) is 64.2 cm³/mol. The van der Waals surface area contributed by atoms with Gasteiger partial charge in [-0.1, -0.05) is 0 Å². The van der Waals surface area contributed by atoms with Crippen molar-refractivity contribution in [1.82, 2.24) is 4.72 Å². The Hall–Kier alpha value is -1.51. The second-order valence-electron chi connectivity index (χ2n) is 3.82. The summed E-state index contributed by atoms with van der Waals surface area (Å²) >= 11 is 0. The summed E-state index contributed by atoms with van der Waals surface area (Å²) in [5.41, 5.74) is 0. The Morgan fingerprint density at radius 2 is 1.89 bits per heavy atom. The summed E-state index contributed by atoms with van der Waals surface area (Å²) in [4.78, 5) is 11.1. The van der Waals surface area contributed by atoms with Crippen LogP contribution < -0.4 is 4.72 Å². The van der Waals surface area contributed by atoms with Gasteiger partial charge in [0, 0.05) is 0 Å². The maximum Gasteiger partial charge on any atom is 0.326 e. The standard InChI is InChI=1S/C11H14FNO5S/c1-7(14)10(11(15)18-2)13-19(16,17)9-5-3-8(12)4-6-9/h3-7,10,13-14H,1-2H3/t7?,10-/m0/s1. The summed E-state index contributed by atoms with van der Waals surface area (Å²) < 4.78 is 43.0. The van der Waals surface area contributed by atoms with Crippen LogP contribution in [0.15, 0.2) is 29.2 Å². The van der Waals surface area contributed by atoms with Crippen molar-refractivity contribution in [1.29, 1.82) is 0 Å². The highest BCUT2D eigenvalue weighted by Gasteiger charge is 2.30. The number of methoxy groups -OCH3 is 1. The van der Waals surface area contributed by atoms with Crippen molar-refractivity contribution in [3.8, 4) is 0 Å². The number of aliphatic hydroxyl groups excluding tert-OH is 1. The van der Waals surface area contributed by atoms with Crippen LogP contribution >= 0.6 is 0 Å². The first-order valence-corrected chi connectivity index (χ1v) is 6.80. The summed E-state index contributed by atoms with van der Waals surface area (Å²) in [6, 6.07) is 2.62. The van der Waals surface area contributed by atoms with E-state index in [1.807, 2.05) is 4.72 Å². The normalized spacial score (nSPS) is 14.7. The Morgan fingerprint density at radius 1 is 1.37 bits per heavy atom. The van der Waals surface area contributed by atoms with Crippen LogP contribution in [0, 0.1) is 5.82 Å². The second kappa shape index (κ2) is 6.09. The number of esters is 1. The average molecular weight is 291 g/mol. The van der Waals surface area contributed by atoms with Crippen LogP contribution in [0.3, 0.4) is 0 Å². The molecule has 0 spiro atoms. The fraction of sp³-hybridized carbons (Fsp3) is 0.364. The van der Waals surface area contributed by atoms with Gasteiger partial charge in [-0.15, -0.1) is 0 Å². The molecule has 0 bridgehead atoms. The number of benzene rings is 1. The molecule has 0 aromatic heterocycles. The zero-order chi connectivity index (χ0) is 14.6. The van der Waals surface area contributed by atoms with E-state index < -0.39 is 34.0 Å². The van der Waals surface area contributed by atoms with E-state index >= 15 is 0 Å². The van der Waals surface area contributed by atoms with Gasteiger partial charge in [0.1, 0.15) is 11.9 Å². The molecule has 1 unspecified atom stereocenters. The SMILES string of the molecule is COC(=O)[C@@H](NS(=O)(=O)c1ccc(F)cc1)C(C)O. The van der Waals surface area contributed by atoms with E-state index in [2.05, 4.69) is 4.74 Å². The van der Waals surface area contributed by atoms with Crippen LogP contribution in [0.25, 0.3) is 0 Å². The van der Waals surface area contributed by atoms with Gasteiger partial charge in [0.25, 0.3) is 0 Å². The molecule has 0 saturated heterocycles. The van der Waals surface area contributed by atoms with Crippen molar-refractivity contribution >= 4 is 16.0 Å². The topological polar surface area (TPSA) is 92.7 Å². The highest BCUT2D eigenvalue weighted by Crippen LogP contribution is 2.11. The molecule has 6 nitrogen and oxygen atoms in total. The van der Waals surface area contributed by atoms with E-state index in [0.29, 0.717) is 0 Å². The fourth-order valence-corrected chi connectivity index (χ4v) is 2.58. The summed E-state index contributed by atoms with van der Waals surface area (Å²) in [6.07, 6.45) is -1.28. The Bertz CT molecular complexity index is 541. The molecule has 0 aliphatic carbocycles. The summed E-state index contributed by atoms with van der Waals surface area (Å²) in [5.74, 6) is -1.50. The third-order valence-electron chi connectivity index (χ3n) is 2.34. The van der Waals surface area contributed by atoms with Gasteiger partial charge >= 0.3 is 5.97 Å². The Kier molecular flexibility index (Phi) is 4.98. The lowest BCUT2D eigenvalue weighted by molar-refractivity contribution is -0.145. The van der Waals surface area contributed by atoms with Crippen molar-refractivity contribution < 1.29 is 27.4 Å². The van der Waals surface area contributed by atoms with Gasteiger partial charge in [-0.25, -0.2) is 12.8 Å². The van der Waals surface area contributed by atoms with Crippen molar-refractivity contribution in [2.24, 2.45) is 0 Å². The molecule has 1 aromatic rings. The number of hydrogen-bond donors (Lipinski definition) is 2. The van der Waals surface area contributed by atoms with Crippen LogP contribution in [0.1, 0.15) is 6.92 Å². The quantitative estimate of drug-likeness (QED) is 0.746. The first kappa shape index (κ1) is 15.5. The molecule has 1 aromatic carbocycles. The lowest BCUT2D eigenvalue weighted by Crippen LogP contribution is -2.48. The summed E-state index contributed by atoms with van der Waals surface area (Å²) in [5, 5.41) is 9.38. The minimum absolute atomic E-state index is 0.219. The Balaban J connectivity index is 3.00. The van der Waals surface area contributed by atoms with Gasteiger partial charge in [-0.2, -0.15) is 4.72 Å². The number of carbonyl (C=O) groups excluding carboxylic acids is 1.